The third-order valence-electron chi connectivity index (χ3n) is 2.06. The van der Waals surface area contributed by atoms with Crippen molar-refractivity contribution in [1.82, 2.24) is 0 Å². The Morgan fingerprint density at radius 2 is 2.17 bits per heavy atom. The van der Waals surface area contributed by atoms with Crippen molar-refractivity contribution in [1.29, 1.82) is 0 Å². The van der Waals surface area contributed by atoms with E-state index >= 15 is 0 Å². The highest BCUT2D eigenvalue weighted by atomic mass is 32.2. The van der Waals surface area contributed by atoms with Gasteiger partial charge in [-0.1, -0.05) is 17.7 Å². The molecule has 0 amide bonds. The Balaban J connectivity index is 2.54. The fourth-order valence-corrected chi connectivity index (χ4v) is 2.32. The third-order valence-corrected chi connectivity index (χ3v) is 3.04. The number of thioether (sulfide) groups is 1. The summed E-state index contributed by atoms with van der Waals surface area (Å²) in [7, 11) is 0. The molecule has 1 aliphatic heterocycles. The van der Waals surface area contributed by atoms with E-state index in [1.165, 1.54) is 11.1 Å². The molecular formula is C10H10OS. The Bertz CT molecular complexity index is 331. The lowest BCUT2D eigenvalue weighted by molar-refractivity contribution is 0.102. The number of aryl methyl sites for hydroxylation is 1. The number of carbonyl (C=O) groups is 1. The van der Waals surface area contributed by atoms with Gasteiger partial charge < -0.3 is 0 Å². The van der Waals surface area contributed by atoms with Crippen LogP contribution in [0, 0.1) is 6.92 Å². The molecule has 0 atom stereocenters. The number of Topliss-reactive ketones (excluding diaryl/α,β-unsaturated/α-hetero) is 1. The molecule has 0 radical (unpaired) electrons. The highest BCUT2D eigenvalue weighted by Crippen LogP contribution is 2.24. The van der Waals surface area contributed by atoms with Gasteiger partial charge in [0.05, 0.1) is 5.75 Å². The molecule has 2 heteroatoms. The molecular weight excluding hydrogens is 168 g/mol. The maximum Gasteiger partial charge on any atom is 0.173 e. The van der Waals surface area contributed by atoms with Gasteiger partial charge in [-0.15, -0.1) is 11.8 Å². The van der Waals surface area contributed by atoms with E-state index in [2.05, 4.69) is 12.1 Å². The Morgan fingerprint density at radius 3 is 3.00 bits per heavy atom. The summed E-state index contributed by atoms with van der Waals surface area (Å²) in [6.07, 6.45) is 0. The zero-order chi connectivity index (χ0) is 8.55. The van der Waals surface area contributed by atoms with Crippen molar-refractivity contribution < 1.29 is 4.79 Å². The number of carbonyl (C=O) groups excluding carboxylic acids is 1. The monoisotopic (exact) mass is 178 g/mol. The lowest BCUT2D eigenvalue weighted by Gasteiger charge is -2.14. The molecule has 1 aromatic rings. The molecule has 1 aliphatic rings. The number of hydrogen-bond acceptors (Lipinski definition) is 2. The molecule has 1 nitrogen and oxygen atoms in total. The fraction of sp³-hybridized carbons (Fsp3) is 0.300. The topological polar surface area (TPSA) is 17.1 Å². The Hall–Kier alpha value is -0.760. The van der Waals surface area contributed by atoms with Crippen molar-refractivity contribution in [2.75, 3.05) is 5.75 Å². The predicted octanol–water partition coefficient (Wildman–Crippen LogP) is 2.42. The van der Waals surface area contributed by atoms with Crippen LogP contribution < -0.4 is 0 Å². The number of rotatable bonds is 0. The van der Waals surface area contributed by atoms with Gasteiger partial charge in [-0.2, -0.15) is 0 Å². The number of hydrogen-bond donors (Lipinski definition) is 0. The number of benzene rings is 1. The molecule has 12 heavy (non-hydrogen) atoms. The van der Waals surface area contributed by atoms with E-state index in [1.54, 1.807) is 11.8 Å². The molecule has 0 saturated heterocycles. The van der Waals surface area contributed by atoms with Crippen LogP contribution in [0.25, 0.3) is 0 Å². The second kappa shape index (κ2) is 2.94. The van der Waals surface area contributed by atoms with Crippen molar-refractivity contribution in [3.8, 4) is 0 Å². The lowest BCUT2D eigenvalue weighted by Crippen LogP contribution is -2.11. The SMILES string of the molecule is Cc1ccc2c(c1)C(=O)CSC2. The molecule has 0 saturated carbocycles. The van der Waals surface area contributed by atoms with Crippen molar-refractivity contribution in [3.63, 3.8) is 0 Å². The Morgan fingerprint density at radius 1 is 1.33 bits per heavy atom. The Labute approximate surface area is 76.2 Å². The van der Waals surface area contributed by atoms with Crippen molar-refractivity contribution in [2.24, 2.45) is 0 Å². The third kappa shape index (κ3) is 1.27. The van der Waals surface area contributed by atoms with Crippen LogP contribution in [0.1, 0.15) is 21.5 Å². The van der Waals surface area contributed by atoms with E-state index < -0.39 is 0 Å². The van der Waals surface area contributed by atoms with Gasteiger partial charge in [0.15, 0.2) is 5.78 Å². The molecule has 0 aromatic heterocycles. The summed E-state index contributed by atoms with van der Waals surface area (Å²) in [5, 5.41) is 0. The fourth-order valence-electron chi connectivity index (χ4n) is 1.41. The van der Waals surface area contributed by atoms with E-state index in [1.807, 2.05) is 13.0 Å². The van der Waals surface area contributed by atoms with E-state index in [-0.39, 0.29) is 5.78 Å². The molecule has 0 aliphatic carbocycles. The van der Waals surface area contributed by atoms with Crippen molar-refractivity contribution in [2.45, 2.75) is 12.7 Å². The van der Waals surface area contributed by atoms with E-state index in [0.29, 0.717) is 5.75 Å². The van der Waals surface area contributed by atoms with Gasteiger partial charge in [0.2, 0.25) is 0 Å². The number of ketones is 1. The van der Waals surface area contributed by atoms with Gasteiger partial charge in [-0.25, -0.2) is 0 Å². The molecule has 0 bridgehead atoms. The second-order valence-corrected chi connectivity index (χ2v) is 4.06. The standard InChI is InChI=1S/C10H10OS/c1-7-2-3-8-5-12-6-10(11)9(8)4-7/h2-4H,5-6H2,1H3. The van der Waals surface area contributed by atoms with Crippen LogP contribution in [-0.4, -0.2) is 11.5 Å². The molecule has 1 aromatic carbocycles. The van der Waals surface area contributed by atoms with Gasteiger partial charge >= 0.3 is 0 Å². The first kappa shape index (κ1) is 7.87. The minimum Gasteiger partial charge on any atom is -0.293 e. The minimum absolute atomic E-state index is 0.282. The number of fused-ring (bicyclic) bond motifs is 1. The minimum atomic E-state index is 0.282. The van der Waals surface area contributed by atoms with Crippen LogP contribution in [0.4, 0.5) is 0 Å². The smallest absolute Gasteiger partial charge is 0.173 e. The maximum absolute atomic E-state index is 11.4. The van der Waals surface area contributed by atoms with Crippen LogP contribution >= 0.6 is 11.8 Å². The second-order valence-electron chi connectivity index (χ2n) is 3.08. The van der Waals surface area contributed by atoms with Gasteiger partial charge in [0, 0.05) is 11.3 Å². The summed E-state index contributed by atoms with van der Waals surface area (Å²) < 4.78 is 0. The largest absolute Gasteiger partial charge is 0.293 e. The van der Waals surface area contributed by atoms with Crippen LogP contribution in [0.2, 0.25) is 0 Å². The maximum atomic E-state index is 11.4. The summed E-state index contributed by atoms with van der Waals surface area (Å²) in [5.74, 6) is 1.92. The van der Waals surface area contributed by atoms with Crippen LogP contribution in [0.5, 0.6) is 0 Å². The normalized spacial score (nSPS) is 15.9. The van der Waals surface area contributed by atoms with E-state index in [4.69, 9.17) is 0 Å². The van der Waals surface area contributed by atoms with Crippen LogP contribution in [0.3, 0.4) is 0 Å². The average molecular weight is 178 g/mol. The predicted molar refractivity (Wildman–Crippen MR) is 51.7 cm³/mol. The van der Waals surface area contributed by atoms with Crippen molar-refractivity contribution in [3.05, 3.63) is 34.9 Å². The quantitative estimate of drug-likeness (QED) is 0.607. The van der Waals surface area contributed by atoms with Gasteiger partial charge in [0.25, 0.3) is 0 Å². The van der Waals surface area contributed by atoms with Crippen molar-refractivity contribution >= 4 is 17.5 Å². The molecule has 0 N–H and O–H groups in total. The highest BCUT2D eigenvalue weighted by Gasteiger charge is 2.16. The summed E-state index contributed by atoms with van der Waals surface area (Å²) in [6.45, 7) is 2.02. The van der Waals surface area contributed by atoms with E-state index in [9.17, 15) is 4.79 Å². The zero-order valence-electron chi connectivity index (χ0n) is 6.96. The molecule has 0 spiro atoms. The van der Waals surface area contributed by atoms with Crippen LogP contribution in [-0.2, 0) is 5.75 Å². The highest BCUT2D eigenvalue weighted by molar-refractivity contribution is 7.99. The Kier molecular flexibility index (Phi) is 1.93. The molecule has 2 rings (SSSR count). The molecule has 1 heterocycles. The van der Waals surface area contributed by atoms with Gasteiger partial charge in [-0.3, -0.25) is 4.79 Å². The lowest BCUT2D eigenvalue weighted by atomic mass is 10.0. The summed E-state index contributed by atoms with van der Waals surface area (Å²) >= 11 is 1.70. The molecule has 0 unspecified atom stereocenters. The summed E-state index contributed by atoms with van der Waals surface area (Å²) in [4.78, 5) is 11.4. The first-order chi connectivity index (χ1) is 5.77. The molecule has 0 fully saturated rings. The zero-order valence-corrected chi connectivity index (χ0v) is 7.78. The summed E-state index contributed by atoms with van der Waals surface area (Å²) in [6, 6.07) is 6.13. The average Bonchev–Trinajstić information content (AvgIpc) is 2.07. The first-order valence-electron chi connectivity index (χ1n) is 3.98. The van der Waals surface area contributed by atoms with E-state index in [0.717, 1.165) is 11.3 Å². The van der Waals surface area contributed by atoms with Crippen LogP contribution in [0.15, 0.2) is 18.2 Å². The molecule has 62 valence electrons. The van der Waals surface area contributed by atoms with Gasteiger partial charge in [-0.05, 0) is 18.6 Å². The summed E-state index contributed by atoms with van der Waals surface area (Å²) in [5.41, 5.74) is 3.31. The first-order valence-corrected chi connectivity index (χ1v) is 5.13. The van der Waals surface area contributed by atoms with Gasteiger partial charge in [0.1, 0.15) is 0 Å².